The van der Waals surface area contributed by atoms with Crippen molar-refractivity contribution in [2.75, 3.05) is 18.1 Å². The number of hydrogen-bond acceptors (Lipinski definition) is 5. The molecule has 0 unspecified atom stereocenters. The summed E-state index contributed by atoms with van der Waals surface area (Å²) in [5.41, 5.74) is 0.394. The standard InChI is InChI=1S/C10H18N4O3/c1-7(2)13(5-6-15)10-9(14(16)17)8(3)11-12(10)4/h7,15H,5-6H2,1-4H3. The first-order valence-electron chi connectivity index (χ1n) is 5.45. The minimum Gasteiger partial charge on any atom is -0.395 e. The first-order chi connectivity index (χ1) is 7.90. The molecule has 0 spiro atoms. The van der Waals surface area contributed by atoms with Gasteiger partial charge in [-0.05, 0) is 20.8 Å². The lowest BCUT2D eigenvalue weighted by Crippen LogP contribution is -2.35. The van der Waals surface area contributed by atoms with Gasteiger partial charge in [-0.2, -0.15) is 5.10 Å². The van der Waals surface area contributed by atoms with E-state index < -0.39 is 4.92 Å². The largest absolute Gasteiger partial charge is 0.395 e. The quantitative estimate of drug-likeness (QED) is 0.611. The van der Waals surface area contributed by atoms with Crippen LogP contribution in [0.5, 0.6) is 0 Å². The monoisotopic (exact) mass is 242 g/mol. The third-order valence-corrected chi connectivity index (χ3v) is 2.58. The van der Waals surface area contributed by atoms with Gasteiger partial charge in [-0.3, -0.25) is 10.1 Å². The maximum Gasteiger partial charge on any atom is 0.333 e. The van der Waals surface area contributed by atoms with Crippen LogP contribution in [-0.4, -0.2) is 39.0 Å². The van der Waals surface area contributed by atoms with Gasteiger partial charge in [-0.1, -0.05) is 0 Å². The summed E-state index contributed by atoms with van der Waals surface area (Å²) in [4.78, 5) is 12.4. The molecule has 0 aliphatic rings. The Labute approximate surface area is 99.8 Å². The van der Waals surface area contributed by atoms with E-state index in [9.17, 15) is 10.1 Å². The fraction of sp³-hybridized carbons (Fsp3) is 0.700. The van der Waals surface area contributed by atoms with E-state index in [0.717, 1.165) is 0 Å². The molecule has 1 heterocycles. The van der Waals surface area contributed by atoms with Crippen molar-refractivity contribution in [1.82, 2.24) is 9.78 Å². The van der Waals surface area contributed by atoms with E-state index >= 15 is 0 Å². The molecule has 17 heavy (non-hydrogen) atoms. The Kier molecular flexibility index (Phi) is 4.06. The highest BCUT2D eigenvalue weighted by Gasteiger charge is 2.29. The van der Waals surface area contributed by atoms with Crippen LogP contribution in [0.15, 0.2) is 0 Å². The highest BCUT2D eigenvalue weighted by atomic mass is 16.6. The van der Waals surface area contributed by atoms with Crippen LogP contribution in [0.25, 0.3) is 0 Å². The Morgan fingerprint density at radius 3 is 2.59 bits per heavy atom. The lowest BCUT2D eigenvalue weighted by atomic mass is 10.3. The lowest BCUT2D eigenvalue weighted by molar-refractivity contribution is -0.384. The normalized spacial score (nSPS) is 10.9. The lowest BCUT2D eigenvalue weighted by Gasteiger charge is -2.26. The minimum atomic E-state index is -0.426. The summed E-state index contributed by atoms with van der Waals surface area (Å²) in [6.07, 6.45) is 0. The van der Waals surface area contributed by atoms with E-state index in [4.69, 9.17) is 5.11 Å². The van der Waals surface area contributed by atoms with E-state index in [0.29, 0.717) is 18.1 Å². The van der Waals surface area contributed by atoms with Gasteiger partial charge in [0.25, 0.3) is 0 Å². The number of aliphatic hydroxyl groups is 1. The van der Waals surface area contributed by atoms with Gasteiger partial charge in [-0.15, -0.1) is 0 Å². The molecule has 0 fully saturated rings. The molecule has 0 saturated carbocycles. The second-order valence-corrected chi connectivity index (χ2v) is 4.15. The zero-order chi connectivity index (χ0) is 13.2. The molecule has 0 amide bonds. The van der Waals surface area contributed by atoms with Gasteiger partial charge in [-0.25, -0.2) is 4.68 Å². The average Bonchev–Trinajstić information content (AvgIpc) is 2.49. The first kappa shape index (κ1) is 13.4. The van der Waals surface area contributed by atoms with E-state index in [1.807, 2.05) is 13.8 Å². The molecule has 0 saturated heterocycles. The van der Waals surface area contributed by atoms with Crippen molar-refractivity contribution in [2.24, 2.45) is 7.05 Å². The number of aromatic nitrogens is 2. The molecular weight excluding hydrogens is 224 g/mol. The van der Waals surface area contributed by atoms with Gasteiger partial charge in [0.15, 0.2) is 0 Å². The Morgan fingerprint density at radius 1 is 1.59 bits per heavy atom. The Morgan fingerprint density at radius 2 is 2.18 bits per heavy atom. The second-order valence-electron chi connectivity index (χ2n) is 4.15. The Bertz CT molecular complexity index is 414. The highest BCUT2D eigenvalue weighted by Crippen LogP contribution is 2.31. The number of anilines is 1. The molecule has 0 radical (unpaired) electrons. The zero-order valence-electron chi connectivity index (χ0n) is 10.5. The van der Waals surface area contributed by atoms with Crippen LogP contribution >= 0.6 is 0 Å². The second kappa shape index (κ2) is 5.13. The van der Waals surface area contributed by atoms with Crippen LogP contribution < -0.4 is 4.90 Å². The fourth-order valence-electron chi connectivity index (χ4n) is 1.89. The summed E-state index contributed by atoms with van der Waals surface area (Å²) in [5, 5.41) is 24.2. The van der Waals surface area contributed by atoms with E-state index in [-0.39, 0.29) is 18.3 Å². The molecule has 0 aromatic carbocycles. The SMILES string of the molecule is Cc1nn(C)c(N(CCO)C(C)C)c1[N+](=O)[O-]. The smallest absolute Gasteiger partial charge is 0.333 e. The van der Waals surface area contributed by atoms with Gasteiger partial charge < -0.3 is 10.0 Å². The predicted molar refractivity (Wildman–Crippen MR) is 64.2 cm³/mol. The molecule has 1 rings (SSSR count). The third-order valence-electron chi connectivity index (χ3n) is 2.58. The molecule has 1 N–H and O–H groups in total. The summed E-state index contributed by atoms with van der Waals surface area (Å²) in [7, 11) is 1.67. The van der Waals surface area contributed by atoms with Crippen molar-refractivity contribution >= 4 is 11.5 Å². The number of nitrogens with zero attached hydrogens (tertiary/aromatic N) is 4. The fourth-order valence-corrected chi connectivity index (χ4v) is 1.89. The number of hydrogen-bond donors (Lipinski definition) is 1. The molecular formula is C10H18N4O3. The molecule has 0 aliphatic heterocycles. The van der Waals surface area contributed by atoms with Crippen LogP contribution in [0.2, 0.25) is 0 Å². The molecule has 7 heteroatoms. The van der Waals surface area contributed by atoms with Gasteiger partial charge in [0.2, 0.25) is 5.82 Å². The van der Waals surface area contributed by atoms with Crippen LogP contribution in [0.3, 0.4) is 0 Å². The number of rotatable bonds is 5. The topological polar surface area (TPSA) is 84.4 Å². The number of aryl methyl sites for hydroxylation is 2. The summed E-state index contributed by atoms with van der Waals surface area (Å²) < 4.78 is 1.49. The number of nitro groups is 1. The molecule has 96 valence electrons. The van der Waals surface area contributed by atoms with Crippen molar-refractivity contribution in [3.63, 3.8) is 0 Å². The third kappa shape index (κ3) is 2.55. The van der Waals surface area contributed by atoms with Crippen LogP contribution in [0.1, 0.15) is 19.5 Å². The van der Waals surface area contributed by atoms with Crippen molar-refractivity contribution < 1.29 is 10.0 Å². The molecule has 1 aromatic rings. The summed E-state index contributed by atoms with van der Waals surface area (Å²) in [5.74, 6) is 0.441. The first-order valence-corrected chi connectivity index (χ1v) is 5.45. The van der Waals surface area contributed by atoms with Gasteiger partial charge >= 0.3 is 5.69 Å². The maximum atomic E-state index is 11.1. The molecule has 7 nitrogen and oxygen atoms in total. The van der Waals surface area contributed by atoms with Gasteiger partial charge in [0, 0.05) is 19.6 Å². The summed E-state index contributed by atoms with van der Waals surface area (Å²) >= 11 is 0. The van der Waals surface area contributed by atoms with E-state index in [1.54, 1.807) is 18.9 Å². The zero-order valence-corrected chi connectivity index (χ0v) is 10.5. The molecule has 0 atom stereocenters. The number of aliphatic hydroxyl groups excluding tert-OH is 1. The molecule has 1 aromatic heterocycles. The van der Waals surface area contributed by atoms with Crippen molar-refractivity contribution in [3.8, 4) is 0 Å². The van der Waals surface area contributed by atoms with Crippen molar-refractivity contribution in [1.29, 1.82) is 0 Å². The van der Waals surface area contributed by atoms with Crippen LogP contribution in [-0.2, 0) is 7.05 Å². The predicted octanol–water partition coefficient (Wildman–Crippen LogP) is 0.844. The van der Waals surface area contributed by atoms with E-state index in [2.05, 4.69) is 5.10 Å². The van der Waals surface area contributed by atoms with Crippen molar-refractivity contribution in [3.05, 3.63) is 15.8 Å². The van der Waals surface area contributed by atoms with Gasteiger partial charge in [0.05, 0.1) is 11.5 Å². The Balaban J connectivity index is 3.31. The average molecular weight is 242 g/mol. The summed E-state index contributed by atoms with van der Waals surface area (Å²) in [6.45, 7) is 5.74. The summed E-state index contributed by atoms with van der Waals surface area (Å²) in [6, 6.07) is 0.0515. The van der Waals surface area contributed by atoms with Crippen LogP contribution in [0, 0.1) is 17.0 Å². The van der Waals surface area contributed by atoms with Crippen molar-refractivity contribution in [2.45, 2.75) is 26.8 Å². The molecule has 0 aliphatic carbocycles. The molecule has 0 bridgehead atoms. The maximum absolute atomic E-state index is 11.1. The minimum absolute atomic E-state index is 0.00894. The highest BCUT2D eigenvalue weighted by molar-refractivity contribution is 5.61. The van der Waals surface area contributed by atoms with Crippen LogP contribution in [0.4, 0.5) is 11.5 Å². The van der Waals surface area contributed by atoms with E-state index in [1.165, 1.54) is 4.68 Å². The van der Waals surface area contributed by atoms with Gasteiger partial charge in [0.1, 0.15) is 5.69 Å². The Hall–Kier alpha value is -1.63.